The van der Waals surface area contributed by atoms with Crippen molar-refractivity contribution in [3.63, 3.8) is 0 Å². The lowest BCUT2D eigenvalue weighted by Crippen LogP contribution is -2.25. The van der Waals surface area contributed by atoms with Gasteiger partial charge in [0.25, 0.3) is 0 Å². The van der Waals surface area contributed by atoms with Crippen LogP contribution >= 0.6 is 0 Å². The lowest BCUT2D eigenvalue weighted by molar-refractivity contribution is -0.139. The van der Waals surface area contributed by atoms with E-state index >= 15 is 0 Å². The zero-order valence-electron chi connectivity index (χ0n) is 20.8. The number of hydrogen-bond acceptors (Lipinski definition) is 5. The summed E-state index contributed by atoms with van der Waals surface area (Å²) < 4.78 is 14.7. The summed E-state index contributed by atoms with van der Waals surface area (Å²) >= 11 is 0. The molecular weight excluding hydrogens is 442 g/mol. The number of terminal acetylenes is 1. The number of methoxy groups -OCH3 is 2. The largest absolute Gasteiger partial charge is 0.497 e. The topological polar surface area (TPSA) is 68.2 Å². The van der Waals surface area contributed by atoms with E-state index in [0.717, 1.165) is 29.1 Å². The maximum absolute atomic E-state index is 10.8. The summed E-state index contributed by atoms with van der Waals surface area (Å²) in [6.07, 6.45) is 6.49. The monoisotopic (exact) mass is 473 g/mol. The quantitative estimate of drug-likeness (QED) is 0.457. The van der Waals surface area contributed by atoms with Crippen molar-refractivity contribution in [3.05, 3.63) is 71.8 Å². The Bertz CT molecular complexity index is 1220. The third-order valence-electron chi connectivity index (χ3n) is 5.93. The van der Waals surface area contributed by atoms with Crippen molar-refractivity contribution in [2.45, 2.75) is 26.2 Å². The summed E-state index contributed by atoms with van der Waals surface area (Å²) in [5, 5.41) is 8.85. The first kappa shape index (κ1) is 25.5. The predicted molar refractivity (Wildman–Crippen MR) is 139 cm³/mol. The zero-order chi connectivity index (χ0) is 25.6. The number of carboxylic acid groups (broad SMARTS) is 1. The number of rotatable bonds is 6. The van der Waals surface area contributed by atoms with E-state index in [0.29, 0.717) is 5.75 Å². The molecule has 3 aromatic rings. The first-order valence-electron chi connectivity index (χ1n) is 11.2. The Kier molecular flexibility index (Phi) is 7.93. The Hall–Kier alpha value is -4.11. The molecule has 0 saturated heterocycles. The summed E-state index contributed by atoms with van der Waals surface area (Å²) in [6.45, 7) is 6.99. The molecule has 1 aliphatic heterocycles. The smallest absolute Gasteiger partial charge is 0.341 e. The van der Waals surface area contributed by atoms with Crippen LogP contribution in [0.2, 0.25) is 0 Å². The fraction of sp³-hybridized carbons (Fsp3) is 0.276. The molecule has 0 amide bonds. The number of ether oxygens (including phenoxy) is 3. The summed E-state index contributed by atoms with van der Waals surface area (Å²) in [5.41, 5.74) is 6.83. The van der Waals surface area contributed by atoms with Crippen LogP contribution in [0.1, 0.15) is 25.0 Å². The maximum Gasteiger partial charge on any atom is 0.341 e. The molecule has 0 fully saturated rings. The van der Waals surface area contributed by atoms with E-state index in [9.17, 15) is 4.79 Å². The van der Waals surface area contributed by atoms with Gasteiger partial charge in [0.15, 0.2) is 6.61 Å². The molecule has 0 aliphatic carbocycles. The third kappa shape index (κ3) is 5.88. The van der Waals surface area contributed by atoms with Gasteiger partial charge in [0, 0.05) is 23.3 Å². The van der Waals surface area contributed by atoms with Gasteiger partial charge < -0.3 is 24.2 Å². The molecule has 6 nitrogen and oxygen atoms in total. The van der Waals surface area contributed by atoms with Gasteiger partial charge in [0.05, 0.1) is 14.2 Å². The number of carbonyl (C=O) groups is 1. The van der Waals surface area contributed by atoms with Gasteiger partial charge >= 0.3 is 5.97 Å². The second-order valence-electron chi connectivity index (χ2n) is 8.88. The van der Waals surface area contributed by atoms with Gasteiger partial charge in [-0.2, -0.15) is 0 Å². The van der Waals surface area contributed by atoms with E-state index in [1.54, 1.807) is 7.11 Å². The summed E-state index contributed by atoms with van der Waals surface area (Å²) in [7, 11) is 3.12. The fourth-order valence-electron chi connectivity index (χ4n) is 4.18. The standard InChI is InChI=1S/C26H27NO4.C3H4O/c1-17-13-20(8-12-24(17)31-15-25(28)29)27-16-26(2,3)22-14-19(7-11-23(22)27)18-5-9-21(30-4)10-6-18;1-3-4-2/h5-14H,15-16H2,1-4H3,(H,28,29);1H,2H3. The molecule has 4 rings (SSSR count). The van der Waals surface area contributed by atoms with Crippen LogP contribution in [-0.2, 0) is 14.9 Å². The van der Waals surface area contributed by atoms with Gasteiger partial charge in [0.1, 0.15) is 17.6 Å². The highest BCUT2D eigenvalue weighted by molar-refractivity contribution is 5.78. The van der Waals surface area contributed by atoms with Gasteiger partial charge in [-0.1, -0.05) is 38.5 Å². The molecule has 1 N–H and O–H groups in total. The molecular formula is C29H31NO5. The van der Waals surface area contributed by atoms with Crippen molar-refractivity contribution < 1.29 is 24.1 Å². The van der Waals surface area contributed by atoms with E-state index in [1.165, 1.54) is 23.9 Å². The SMILES string of the molecule is C#COC.COc1ccc(-c2ccc3c(c2)C(C)(C)CN3c2ccc(OCC(=O)O)c(C)c2)cc1. The minimum absolute atomic E-state index is 0.00972. The fourth-order valence-corrected chi connectivity index (χ4v) is 4.18. The molecule has 0 atom stereocenters. The van der Waals surface area contributed by atoms with E-state index in [-0.39, 0.29) is 12.0 Å². The van der Waals surface area contributed by atoms with Crippen molar-refractivity contribution in [2.75, 3.05) is 32.3 Å². The Balaban J connectivity index is 0.000000795. The maximum atomic E-state index is 10.8. The number of aliphatic carboxylic acids is 1. The number of hydrogen-bond donors (Lipinski definition) is 1. The van der Waals surface area contributed by atoms with Crippen LogP contribution in [0.4, 0.5) is 11.4 Å². The van der Waals surface area contributed by atoms with Crippen molar-refractivity contribution in [2.24, 2.45) is 0 Å². The first-order chi connectivity index (χ1) is 16.7. The number of nitrogens with zero attached hydrogens (tertiary/aromatic N) is 1. The molecule has 182 valence electrons. The Morgan fingerprint density at radius 3 is 2.29 bits per heavy atom. The molecule has 35 heavy (non-hydrogen) atoms. The number of anilines is 2. The Morgan fingerprint density at radius 2 is 1.71 bits per heavy atom. The van der Waals surface area contributed by atoms with Crippen LogP contribution in [0.15, 0.2) is 60.7 Å². The van der Waals surface area contributed by atoms with Gasteiger partial charge in [0.2, 0.25) is 0 Å². The van der Waals surface area contributed by atoms with Crippen LogP contribution in [0, 0.1) is 19.5 Å². The van der Waals surface area contributed by atoms with Crippen LogP contribution in [0.25, 0.3) is 11.1 Å². The van der Waals surface area contributed by atoms with Gasteiger partial charge in [-0.15, -0.1) is 0 Å². The van der Waals surface area contributed by atoms with Gasteiger partial charge in [-0.25, -0.2) is 4.79 Å². The van der Waals surface area contributed by atoms with E-state index in [4.69, 9.17) is 14.6 Å². The zero-order valence-corrected chi connectivity index (χ0v) is 20.8. The Labute approximate surface area is 207 Å². The van der Waals surface area contributed by atoms with Crippen LogP contribution in [0.5, 0.6) is 11.5 Å². The minimum Gasteiger partial charge on any atom is -0.497 e. The normalized spacial score (nSPS) is 13.1. The number of benzene rings is 3. The van der Waals surface area contributed by atoms with Crippen molar-refractivity contribution in [1.29, 1.82) is 0 Å². The second kappa shape index (κ2) is 10.9. The van der Waals surface area contributed by atoms with Crippen LogP contribution < -0.4 is 14.4 Å². The number of fused-ring (bicyclic) bond motifs is 1. The highest BCUT2D eigenvalue weighted by Crippen LogP contribution is 2.46. The highest BCUT2D eigenvalue weighted by atomic mass is 16.5. The molecule has 1 aliphatic rings. The van der Waals surface area contributed by atoms with Crippen molar-refractivity contribution in [3.8, 4) is 35.2 Å². The van der Waals surface area contributed by atoms with Crippen molar-refractivity contribution in [1.82, 2.24) is 0 Å². The van der Waals surface area contributed by atoms with E-state index < -0.39 is 5.97 Å². The molecule has 0 saturated carbocycles. The molecule has 0 aromatic heterocycles. The summed E-state index contributed by atoms with van der Waals surface area (Å²) in [4.78, 5) is 13.1. The molecule has 0 radical (unpaired) electrons. The molecule has 0 bridgehead atoms. The highest BCUT2D eigenvalue weighted by Gasteiger charge is 2.36. The predicted octanol–water partition coefficient (Wildman–Crippen LogP) is 5.79. The van der Waals surface area contributed by atoms with E-state index in [1.807, 2.05) is 37.3 Å². The molecule has 0 spiro atoms. The Morgan fingerprint density at radius 1 is 1.06 bits per heavy atom. The lowest BCUT2D eigenvalue weighted by atomic mass is 9.85. The van der Waals surface area contributed by atoms with Crippen LogP contribution in [-0.4, -0.2) is 38.4 Å². The average Bonchev–Trinajstić information content (AvgIpc) is 3.13. The average molecular weight is 474 g/mol. The molecule has 3 aromatic carbocycles. The second-order valence-corrected chi connectivity index (χ2v) is 8.88. The third-order valence-corrected chi connectivity index (χ3v) is 5.93. The minimum atomic E-state index is -0.980. The molecule has 1 heterocycles. The van der Waals surface area contributed by atoms with Crippen LogP contribution in [0.3, 0.4) is 0 Å². The lowest BCUT2D eigenvalue weighted by Gasteiger charge is -2.23. The summed E-state index contributed by atoms with van der Waals surface area (Å²) in [5.74, 6) is 0.466. The molecule has 6 heteroatoms. The van der Waals surface area contributed by atoms with E-state index in [2.05, 4.69) is 66.3 Å². The van der Waals surface area contributed by atoms with Gasteiger partial charge in [-0.05, 0) is 71.6 Å². The first-order valence-corrected chi connectivity index (χ1v) is 11.2. The number of aryl methyl sites for hydroxylation is 1. The van der Waals surface area contributed by atoms with Gasteiger partial charge in [-0.3, -0.25) is 0 Å². The molecule has 0 unspecified atom stereocenters. The number of carboxylic acids is 1. The summed E-state index contributed by atoms with van der Waals surface area (Å²) in [6, 6.07) is 20.7. The van der Waals surface area contributed by atoms with Crippen molar-refractivity contribution >= 4 is 17.3 Å².